The molecule has 2 unspecified atom stereocenters. The predicted octanol–water partition coefficient (Wildman–Crippen LogP) is 3.15. The van der Waals surface area contributed by atoms with Crippen LogP contribution < -0.4 is 15.8 Å². The second kappa shape index (κ2) is 9.43. The van der Waals surface area contributed by atoms with Gasteiger partial charge in [0, 0.05) is 23.4 Å². The molecular formula is C23H22ClF2N7O2S. The van der Waals surface area contributed by atoms with Gasteiger partial charge in [-0.2, -0.15) is 0 Å². The van der Waals surface area contributed by atoms with E-state index in [2.05, 4.69) is 30.6 Å². The average molecular weight is 534 g/mol. The summed E-state index contributed by atoms with van der Waals surface area (Å²) in [4.78, 5) is 17.3. The van der Waals surface area contributed by atoms with Gasteiger partial charge < -0.3 is 10.6 Å². The van der Waals surface area contributed by atoms with E-state index in [1.165, 1.54) is 18.6 Å². The molecule has 1 aliphatic carbocycles. The highest BCUT2D eigenvalue weighted by Crippen LogP contribution is 2.43. The topological polar surface area (TPSA) is 136 Å². The monoisotopic (exact) mass is 533 g/mol. The quantitative estimate of drug-likeness (QED) is 0.426. The maximum absolute atomic E-state index is 16.2. The molecule has 188 valence electrons. The number of primary sulfonamides is 1. The summed E-state index contributed by atoms with van der Waals surface area (Å²) >= 11 is 6.18. The molecule has 13 heteroatoms. The largest absolute Gasteiger partial charge is 0.365 e. The van der Waals surface area contributed by atoms with Crippen molar-refractivity contribution < 1.29 is 17.2 Å². The first kappa shape index (κ1) is 24.6. The van der Waals surface area contributed by atoms with Crippen LogP contribution in [0.5, 0.6) is 0 Å². The van der Waals surface area contributed by atoms with Crippen molar-refractivity contribution in [3.05, 3.63) is 65.5 Å². The minimum Gasteiger partial charge on any atom is -0.365 e. The number of fused-ring (bicyclic) bond motifs is 1. The zero-order chi connectivity index (χ0) is 25.5. The maximum atomic E-state index is 16.2. The third-order valence-electron chi connectivity index (χ3n) is 6.26. The van der Waals surface area contributed by atoms with Gasteiger partial charge in [0.25, 0.3) is 0 Å². The lowest BCUT2D eigenvalue weighted by atomic mass is 9.88. The van der Waals surface area contributed by atoms with Crippen molar-refractivity contribution in [1.82, 2.24) is 25.3 Å². The number of hydrogen-bond acceptors (Lipinski definition) is 8. The zero-order valence-electron chi connectivity index (χ0n) is 18.8. The summed E-state index contributed by atoms with van der Waals surface area (Å²) in [5, 5.41) is 9.76. The molecule has 36 heavy (non-hydrogen) atoms. The fraction of sp³-hybridized carbons (Fsp3) is 0.304. The molecule has 1 aliphatic heterocycles. The summed E-state index contributed by atoms with van der Waals surface area (Å²) in [7, 11) is -4.45. The second-order valence-electron chi connectivity index (χ2n) is 8.68. The number of nitrogens with zero attached hydrogens (tertiary/aromatic N) is 4. The number of sulfonamides is 1. The molecule has 9 nitrogen and oxygen atoms in total. The fourth-order valence-corrected chi connectivity index (χ4v) is 5.67. The Bertz CT molecular complexity index is 1500. The molecule has 0 amide bonds. The Labute approximate surface area is 211 Å². The van der Waals surface area contributed by atoms with E-state index >= 15 is 4.39 Å². The Balaban J connectivity index is 1.58. The van der Waals surface area contributed by atoms with Crippen molar-refractivity contribution in [3.63, 3.8) is 0 Å². The molecule has 0 bridgehead atoms. The number of pyridine rings is 2. The molecule has 4 heterocycles. The van der Waals surface area contributed by atoms with Crippen molar-refractivity contribution in [3.8, 4) is 11.3 Å². The van der Waals surface area contributed by atoms with E-state index in [1.54, 1.807) is 12.1 Å². The van der Waals surface area contributed by atoms with Gasteiger partial charge in [-0.15, -0.1) is 0 Å². The molecular weight excluding hydrogens is 512 g/mol. The van der Waals surface area contributed by atoms with Crippen LogP contribution >= 0.6 is 11.6 Å². The zero-order valence-corrected chi connectivity index (χ0v) is 20.4. The number of rotatable bonds is 5. The first-order valence-corrected chi connectivity index (χ1v) is 13.2. The molecule has 1 saturated heterocycles. The summed E-state index contributed by atoms with van der Waals surface area (Å²) in [6.45, 7) is 1.79. The van der Waals surface area contributed by atoms with Crippen molar-refractivity contribution in [2.45, 2.75) is 29.8 Å². The van der Waals surface area contributed by atoms with Gasteiger partial charge in [0.1, 0.15) is 28.1 Å². The van der Waals surface area contributed by atoms with E-state index < -0.39 is 26.8 Å². The number of piperidine rings is 1. The Morgan fingerprint density at radius 1 is 1.19 bits per heavy atom. The third kappa shape index (κ3) is 4.69. The van der Waals surface area contributed by atoms with Crippen LogP contribution in [0.25, 0.3) is 22.3 Å². The molecule has 4 N–H and O–H groups in total. The molecule has 0 saturated carbocycles. The van der Waals surface area contributed by atoms with Crippen LogP contribution in [0.15, 0.2) is 54.8 Å². The third-order valence-corrected chi connectivity index (χ3v) is 7.76. The standard InChI is InChI=1S/C23H22ClF2N7O2S/c24-21-16(23(26)10-14(25)1-4-19(23)36(27,34)35)9-13(11-29-21)17-2-3-18-20(33-17)22(31-12-30-18)32-15-5-7-28-8-6-15/h1-4,9-12,15,19,28H,5-8H2,(H2,27,34,35)(H,30,31,32). The van der Waals surface area contributed by atoms with Crippen molar-refractivity contribution in [2.75, 3.05) is 18.4 Å². The highest BCUT2D eigenvalue weighted by molar-refractivity contribution is 7.90. The first-order valence-electron chi connectivity index (χ1n) is 11.2. The number of nitrogens with two attached hydrogens (primary N) is 1. The minimum absolute atomic E-state index is 0.223. The summed E-state index contributed by atoms with van der Waals surface area (Å²) in [6, 6.07) is 4.93. The van der Waals surface area contributed by atoms with Crippen molar-refractivity contribution in [1.29, 1.82) is 0 Å². The first-order chi connectivity index (χ1) is 17.1. The van der Waals surface area contributed by atoms with E-state index in [0.29, 0.717) is 34.2 Å². The summed E-state index contributed by atoms with van der Waals surface area (Å²) in [6.07, 6.45) is 6.93. The van der Waals surface area contributed by atoms with Gasteiger partial charge in [-0.25, -0.2) is 42.3 Å². The summed E-state index contributed by atoms with van der Waals surface area (Å²) < 4.78 is 54.6. The number of nitrogens with one attached hydrogen (secondary N) is 2. The average Bonchev–Trinajstić information content (AvgIpc) is 2.84. The molecule has 3 aromatic rings. The van der Waals surface area contributed by atoms with Crippen molar-refractivity contribution in [2.24, 2.45) is 5.14 Å². The smallest absolute Gasteiger partial charge is 0.219 e. The molecule has 0 aromatic carbocycles. The molecule has 0 radical (unpaired) electrons. The molecule has 2 atom stereocenters. The molecule has 1 fully saturated rings. The fourth-order valence-electron chi connectivity index (χ4n) is 4.45. The molecule has 3 aromatic heterocycles. The number of hydrogen-bond donors (Lipinski definition) is 3. The second-order valence-corrected chi connectivity index (χ2v) is 10.7. The van der Waals surface area contributed by atoms with E-state index in [4.69, 9.17) is 16.7 Å². The van der Waals surface area contributed by atoms with Crippen LogP contribution in [0.3, 0.4) is 0 Å². The highest BCUT2D eigenvalue weighted by Gasteiger charge is 2.48. The molecule has 0 spiro atoms. The van der Waals surface area contributed by atoms with Crippen LogP contribution in [-0.4, -0.2) is 52.7 Å². The van der Waals surface area contributed by atoms with E-state index in [0.717, 1.165) is 38.1 Å². The van der Waals surface area contributed by atoms with E-state index in [1.807, 2.05) is 0 Å². The van der Waals surface area contributed by atoms with E-state index in [9.17, 15) is 12.8 Å². The Hall–Kier alpha value is -3.06. The van der Waals surface area contributed by atoms with Gasteiger partial charge in [-0.3, -0.25) is 0 Å². The molecule has 5 rings (SSSR count). The van der Waals surface area contributed by atoms with Gasteiger partial charge in [0.15, 0.2) is 11.5 Å². The summed E-state index contributed by atoms with van der Waals surface area (Å²) in [5.41, 5.74) is -1.39. The predicted molar refractivity (Wildman–Crippen MR) is 133 cm³/mol. The molecule has 2 aliphatic rings. The number of allylic oxidation sites excluding steroid dienone is 3. The van der Waals surface area contributed by atoms with Crippen LogP contribution in [0.1, 0.15) is 18.4 Å². The van der Waals surface area contributed by atoms with E-state index in [-0.39, 0.29) is 16.8 Å². The Morgan fingerprint density at radius 2 is 1.97 bits per heavy atom. The lowest BCUT2D eigenvalue weighted by Crippen LogP contribution is -2.43. The maximum Gasteiger partial charge on any atom is 0.219 e. The minimum atomic E-state index is -4.45. The van der Waals surface area contributed by atoms with Gasteiger partial charge in [0.2, 0.25) is 10.0 Å². The highest BCUT2D eigenvalue weighted by atomic mass is 35.5. The van der Waals surface area contributed by atoms with Crippen LogP contribution in [-0.2, 0) is 15.7 Å². The Kier molecular flexibility index (Phi) is 6.45. The van der Waals surface area contributed by atoms with Crippen LogP contribution in [0, 0.1) is 0 Å². The lowest BCUT2D eigenvalue weighted by Gasteiger charge is -2.30. The SMILES string of the molecule is NS(=O)(=O)C1C=CC(F)=CC1(F)c1cc(-c2ccc3ncnc(NC4CCNCC4)c3n2)cnc1Cl. The van der Waals surface area contributed by atoms with Gasteiger partial charge >= 0.3 is 0 Å². The van der Waals surface area contributed by atoms with Gasteiger partial charge in [-0.1, -0.05) is 17.7 Å². The number of alkyl halides is 1. The number of halogens is 3. The lowest BCUT2D eigenvalue weighted by molar-refractivity contribution is 0.232. The number of anilines is 1. The summed E-state index contributed by atoms with van der Waals surface area (Å²) in [5.74, 6) is -0.400. The Morgan fingerprint density at radius 3 is 2.72 bits per heavy atom. The normalized spacial score (nSPS) is 23.0. The number of aromatic nitrogens is 4. The van der Waals surface area contributed by atoms with Gasteiger partial charge in [-0.05, 0) is 56.3 Å². The van der Waals surface area contributed by atoms with Crippen LogP contribution in [0.4, 0.5) is 14.6 Å². The van der Waals surface area contributed by atoms with Gasteiger partial charge in [0.05, 0.1) is 11.2 Å². The van der Waals surface area contributed by atoms with Crippen molar-refractivity contribution >= 4 is 38.5 Å². The van der Waals surface area contributed by atoms with Crippen LogP contribution in [0.2, 0.25) is 5.15 Å².